The highest BCUT2D eigenvalue weighted by atomic mass is 19.4. The fourth-order valence-corrected chi connectivity index (χ4v) is 1.65. The van der Waals surface area contributed by atoms with E-state index in [-0.39, 0.29) is 23.9 Å². The predicted molar refractivity (Wildman–Crippen MR) is 71.0 cm³/mol. The summed E-state index contributed by atoms with van der Waals surface area (Å²) in [7, 11) is 0. The second kappa shape index (κ2) is 7.28. The summed E-state index contributed by atoms with van der Waals surface area (Å²) in [6.45, 7) is 4.49. The smallest absolute Gasteiger partial charge is 0.355 e. The predicted octanol–water partition coefficient (Wildman–Crippen LogP) is 2.57. The average Bonchev–Trinajstić information content (AvgIpc) is 2.37. The van der Waals surface area contributed by atoms with E-state index in [1.165, 1.54) is 12.1 Å². The minimum atomic E-state index is -4.34. The van der Waals surface area contributed by atoms with Gasteiger partial charge < -0.3 is 10.6 Å². The lowest BCUT2D eigenvalue weighted by Gasteiger charge is -2.13. The molecule has 1 aromatic rings. The molecule has 3 nitrogen and oxygen atoms in total. The van der Waals surface area contributed by atoms with E-state index < -0.39 is 11.7 Å². The summed E-state index contributed by atoms with van der Waals surface area (Å²) >= 11 is 0. The SMILES string of the molecule is CC(C)C(=O)NCCNCc1ccccc1C(F)(F)F. The number of alkyl halides is 3. The molecule has 0 aromatic heterocycles. The quantitative estimate of drug-likeness (QED) is 0.790. The minimum absolute atomic E-state index is 0.0671. The van der Waals surface area contributed by atoms with Crippen LogP contribution in [0.1, 0.15) is 25.0 Å². The lowest BCUT2D eigenvalue weighted by molar-refractivity contribution is -0.138. The van der Waals surface area contributed by atoms with E-state index in [4.69, 9.17) is 0 Å². The molecule has 0 bridgehead atoms. The van der Waals surface area contributed by atoms with Crippen molar-refractivity contribution in [2.75, 3.05) is 13.1 Å². The van der Waals surface area contributed by atoms with Gasteiger partial charge in [-0.2, -0.15) is 13.2 Å². The maximum Gasteiger partial charge on any atom is 0.416 e. The molecule has 0 saturated heterocycles. The van der Waals surface area contributed by atoms with Crippen LogP contribution in [0.3, 0.4) is 0 Å². The van der Waals surface area contributed by atoms with Crippen LogP contribution < -0.4 is 10.6 Å². The summed E-state index contributed by atoms with van der Waals surface area (Å²) in [5.41, 5.74) is -0.422. The number of halogens is 3. The van der Waals surface area contributed by atoms with Gasteiger partial charge in [-0.05, 0) is 11.6 Å². The van der Waals surface area contributed by atoms with Crippen molar-refractivity contribution < 1.29 is 18.0 Å². The third kappa shape index (κ3) is 5.21. The van der Waals surface area contributed by atoms with Gasteiger partial charge >= 0.3 is 6.18 Å². The van der Waals surface area contributed by atoms with Gasteiger partial charge in [-0.3, -0.25) is 4.79 Å². The van der Waals surface area contributed by atoms with Crippen molar-refractivity contribution in [2.45, 2.75) is 26.6 Å². The number of nitrogens with one attached hydrogen (secondary N) is 2. The molecule has 2 N–H and O–H groups in total. The first-order valence-corrected chi connectivity index (χ1v) is 6.46. The summed E-state index contributed by atoms with van der Waals surface area (Å²) < 4.78 is 38.2. The molecule has 0 unspecified atom stereocenters. The Kier molecular flexibility index (Phi) is 6.01. The zero-order valence-electron chi connectivity index (χ0n) is 11.6. The Balaban J connectivity index is 2.42. The highest BCUT2D eigenvalue weighted by Crippen LogP contribution is 2.31. The molecule has 1 amide bonds. The van der Waals surface area contributed by atoms with Gasteiger partial charge in [-0.15, -0.1) is 0 Å². The van der Waals surface area contributed by atoms with Crippen molar-refractivity contribution in [3.63, 3.8) is 0 Å². The third-order valence-corrected chi connectivity index (χ3v) is 2.76. The van der Waals surface area contributed by atoms with Crippen molar-refractivity contribution in [1.82, 2.24) is 10.6 Å². The second-order valence-corrected chi connectivity index (χ2v) is 4.78. The van der Waals surface area contributed by atoms with Gasteiger partial charge in [0.05, 0.1) is 5.56 Å². The first-order valence-electron chi connectivity index (χ1n) is 6.46. The van der Waals surface area contributed by atoms with Crippen molar-refractivity contribution >= 4 is 5.91 Å². The summed E-state index contributed by atoms with van der Waals surface area (Å²) in [5, 5.41) is 5.58. The van der Waals surface area contributed by atoms with Crippen molar-refractivity contribution in [3.05, 3.63) is 35.4 Å². The third-order valence-electron chi connectivity index (χ3n) is 2.76. The number of carbonyl (C=O) groups excluding carboxylic acids is 1. The molecule has 0 heterocycles. The summed E-state index contributed by atoms with van der Waals surface area (Å²) in [4.78, 5) is 11.3. The van der Waals surface area contributed by atoms with Gasteiger partial charge in [-0.1, -0.05) is 32.0 Å². The van der Waals surface area contributed by atoms with Gasteiger partial charge in [0.25, 0.3) is 0 Å². The molecular weight excluding hydrogens is 269 g/mol. The topological polar surface area (TPSA) is 41.1 Å². The standard InChI is InChI=1S/C14H19F3N2O/c1-10(2)13(20)19-8-7-18-9-11-5-3-4-6-12(11)14(15,16)17/h3-6,10,18H,7-9H2,1-2H3,(H,19,20). The van der Waals surface area contributed by atoms with Crippen molar-refractivity contribution in [3.8, 4) is 0 Å². The molecule has 20 heavy (non-hydrogen) atoms. The molecule has 0 aliphatic heterocycles. The number of hydrogen-bond donors (Lipinski definition) is 2. The Hall–Kier alpha value is -1.56. The van der Waals surface area contributed by atoms with Gasteiger partial charge in [0, 0.05) is 25.6 Å². The molecule has 1 rings (SSSR count). The molecule has 112 valence electrons. The lowest BCUT2D eigenvalue weighted by atomic mass is 10.1. The van der Waals surface area contributed by atoms with Crippen LogP contribution in [-0.4, -0.2) is 19.0 Å². The molecule has 0 spiro atoms. The Morgan fingerprint density at radius 1 is 1.20 bits per heavy atom. The van der Waals surface area contributed by atoms with Crippen LogP contribution >= 0.6 is 0 Å². The maximum absolute atomic E-state index is 12.7. The lowest BCUT2D eigenvalue weighted by Crippen LogP contribution is -2.34. The fraction of sp³-hybridized carbons (Fsp3) is 0.500. The van der Waals surface area contributed by atoms with Gasteiger partial charge in [0.1, 0.15) is 0 Å². The first-order chi connectivity index (χ1) is 9.32. The number of rotatable bonds is 6. The van der Waals surface area contributed by atoms with E-state index in [0.29, 0.717) is 13.1 Å². The normalized spacial score (nSPS) is 11.7. The summed E-state index contributed by atoms with van der Waals surface area (Å²) in [6.07, 6.45) is -4.34. The molecule has 6 heteroatoms. The van der Waals surface area contributed by atoms with Crippen LogP contribution in [0.15, 0.2) is 24.3 Å². The Morgan fingerprint density at radius 3 is 2.45 bits per heavy atom. The largest absolute Gasteiger partial charge is 0.416 e. The van der Waals surface area contributed by atoms with Crippen molar-refractivity contribution in [2.24, 2.45) is 5.92 Å². The highest BCUT2D eigenvalue weighted by molar-refractivity contribution is 5.77. The van der Waals surface area contributed by atoms with Crippen LogP contribution in [0.4, 0.5) is 13.2 Å². The summed E-state index contributed by atoms with van der Waals surface area (Å²) in [5.74, 6) is -0.163. The monoisotopic (exact) mass is 288 g/mol. The van der Waals surface area contributed by atoms with Crippen LogP contribution in [-0.2, 0) is 17.5 Å². The molecule has 0 aliphatic carbocycles. The highest BCUT2D eigenvalue weighted by Gasteiger charge is 2.32. The van der Waals surface area contributed by atoms with Crippen LogP contribution in [0.25, 0.3) is 0 Å². The zero-order valence-corrected chi connectivity index (χ0v) is 11.6. The Morgan fingerprint density at radius 2 is 1.85 bits per heavy atom. The minimum Gasteiger partial charge on any atom is -0.355 e. The number of hydrogen-bond acceptors (Lipinski definition) is 2. The summed E-state index contributed by atoms with van der Waals surface area (Å²) in [6, 6.07) is 5.46. The van der Waals surface area contributed by atoms with E-state index >= 15 is 0 Å². The van der Waals surface area contributed by atoms with Gasteiger partial charge in [0.2, 0.25) is 5.91 Å². The second-order valence-electron chi connectivity index (χ2n) is 4.78. The number of carbonyl (C=O) groups is 1. The maximum atomic E-state index is 12.7. The number of benzene rings is 1. The molecule has 0 radical (unpaired) electrons. The molecule has 0 atom stereocenters. The zero-order chi connectivity index (χ0) is 15.2. The molecular formula is C14H19F3N2O. The molecule has 0 aliphatic rings. The van der Waals surface area contributed by atoms with Gasteiger partial charge in [-0.25, -0.2) is 0 Å². The van der Waals surface area contributed by atoms with Crippen LogP contribution in [0.2, 0.25) is 0 Å². The fourth-order valence-electron chi connectivity index (χ4n) is 1.65. The van der Waals surface area contributed by atoms with Crippen LogP contribution in [0, 0.1) is 5.92 Å². The Bertz CT molecular complexity index is 444. The van der Waals surface area contributed by atoms with E-state index in [2.05, 4.69) is 10.6 Å². The molecule has 1 aromatic carbocycles. The van der Waals surface area contributed by atoms with Crippen LogP contribution in [0.5, 0.6) is 0 Å². The van der Waals surface area contributed by atoms with E-state index in [9.17, 15) is 18.0 Å². The van der Waals surface area contributed by atoms with Gasteiger partial charge in [0.15, 0.2) is 0 Å². The molecule has 0 fully saturated rings. The van der Waals surface area contributed by atoms with E-state index in [1.807, 2.05) is 0 Å². The van der Waals surface area contributed by atoms with Crippen molar-refractivity contribution in [1.29, 1.82) is 0 Å². The van der Waals surface area contributed by atoms with E-state index in [0.717, 1.165) is 6.07 Å². The first kappa shape index (κ1) is 16.5. The average molecular weight is 288 g/mol. The van der Waals surface area contributed by atoms with E-state index in [1.54, 1.807) is 19.9 Å². The molecule has 0 saturated carbocycles. The number of amides is 1. The Labute approximate surface area is 116 Å².